The van der Waals surface area contributed by atoms with Gasteiger partial charge in [0.2, 0.25) is 5.91 Å². The zero-order chi connectivity index (χ0) is 68.2. The normalized spacial score (nSPS) is 27.9. The SMILES string of the molecule is CC/C=C\C/C=C\C/C=C\C/C=C\CCCCCCCCCCCCC(=O)NC(COC1OC(CO)C(OC2OC(CO)C(OC3OC(CO)C(O)C(O)C3O)C(O)C2O)C(O)C1O)C(O)/C=C/CC/C=C/CC/C=C/CCCCCCCCCCCCCCCCCC. The average molecular weight is 1330 g/mol. The fraction of sp³-hybridized carbons (Fsp3) is 0.800. The highest BCUT2D eigenvalue weighted by Gasteiger charge is 2.53. The zero-order valence-corrected chi connectivity index (χ0v) is 57.7. The van der Waals surface area contributed by atoms with Gasteiger partial charge in [-0.15, -0.1) is 0 Å². The molecule has 544 valence electrons. The molecule has 3 heterocycles. The van der Waals surface area contributed by atoms with Gasteiger partial charge in [-0.05, 0) is 83.5 Å². The average Bonchev–Trinajstić information content (AvgIpc) is 0.787. The third-order valence-electron chi connectivity index (χ3n) is 17.9. The van der Waals surface area contributed by atoms with E-state index in [1.807, 2.05) is 6.08 Å². The first-order valence-corrected chi connectivity index (χ1v) is 36.8. The standard InChI is InChI=1S/C75H131NO18/c1-3-5-7-9-11-13-15-17-19-21-23-25-27-28-29-31-32-34-36-38-40-42-44-46-48-50-52-59(80)58(76-63(81)53-51-49-47-45-43-41-39-37-35-33-30-26-24-22-20-18-16-14-12-10-8-6-4-2)57-89-73-69(87)66(84)71(61(55-78)91-73)94-75-70(88)67(85)72(62(56-79)92-75)93-74-68(86)65(83)64(82)60(54-77)90-74/h6,8,12,14,18,20,24,26,34,36,42,44,50,52,58-62,64-75,77-80,82-88H,3-5,7,9-11,13,15-17,19,21-23,25,27-33,35,37-41,43,45-49,51,53-57H2,1-2H3,(H,76,81)/b8-6-,14-12-,20-18-,26-24-,36-34+,44-42+,52-50+. The monoisotopic (exact) mass is 1330 g/mol. The number of nitrogens with one attached hydrogen (secondary N) is 1. The van der Waals surface area contributed by atoms with E-state index in [1.54, 1.807) is 6.08 Å². The van der Waals surface area contributed by atoms with Crippen LogP contribution in [0, 0.1) is 0 Å². The first-order chi connectivity index (χ1) is 45.8. The molecule has 0 aromatic heterocycles. The summed E-state index contributed by atoms with van der Waals surface area (Å²) >= 11 is 0. The van der Waals surface area contributed by atoms with Crippen molar-refractivity contribution in [2.75, 3.05) is 26.4 Å². The molecule has 19 nitrogen and oxygen atoms in total. The van der Waals surface area contributed by atoms with E-state index in [4.69, 9.17) is 28.4 Å². The minimum atomic E-state index is -1.99. The molecular weight excluding hydrogens is 1200 g/mol. The quantitative estimate of drug-likeness (QED) is 0.0199. The van der Waals surface area contributed by atoms with Crippen molar-refractivity contribution in [1.29, 1.82) is 0 Å². The van der Waals surface area contributed by atoms with Crippen molar-refractivity contribution in [3.63, 3.8) is 0 Å². The molecule has 0 radical (unpaired) electrons. The highest BCUT2D eigenvalue weighted by Crippen LogP contribution is 2.33. The summed E-state index contributed by atoms with van der Waals surface area (Å²) < 4.78 is 34.4. The van der Waals surface area contributed by atoms with E-state index in [9.17, 15) is 61.0 Å². The molecular formula is C75H131NO18. The number of hydrogen-bond acceptors (Lipinski definition) is 18. The van der Waals surface area contributed by atoms with Crippen LogP contribution in [0.1, 0.15) is 251 Å². The highest BCUT2D eigenvalue weighted by atomic mass is 16.8. The molecule has 94 heavy (non-hydrogen) atoms. The van der Waals surface area contributed by atoms with Gasteiger partial charge in [0.25, 0.3) is 0 Å². The van der Waals surface area contributed by atoms with Crippen molar-refractivity contribution < 1.29 is 89.4 Å². The number of carbonyl (C=O) groups excluding carboxylic acids is 1. The summed E-state index contributed by atoms with van der Waals surface area (Å²) in [6.07, 6.45) is 45.6. The molecule has 3 fully saturated rings. The van der Waals surface area contributed by atoms with Crippen LogP contribution in [0.15, 0.2) is 85.1 Å². The van der Waals surface area contributed by atoms with Crippen LogP contribution >= 0.6 is 0 Å². The summed E-state index contributed by atoms with van der Waals surface area (Å²) in [4.78, 5) is 13.4. The Morgan fingerprint density at radius 2 is 0.745 bits per heavy atom. The van der Waals surface area contributed by atoms with Crippen molar-refractivity contribution >= 4 is 5.91 Å². The molecule has 17 unspecified atom stereocenters. The van der Waals surface area contributed by atoms with Gasteiger partial charge in [0.1, 0.15) is 73.2 Å². The topological polar surface area (TPSA) is 307 Å². The Bertz CT molecular complexity index is 2030. The number of ether oxygens (including phenoxy) is 6. The predicted molar refractivity (Wildman–Crippen MR) is 369 cm³/mol. The van der Waals surface area contributed by atoms with Crippen molar-refractivity contribution in [2.45, 2.75) is 356 Å². The Morgan fingerprint density at radius 3 is 1.19 bits per heavy atom. The van der Waals surface area contributed by atoms with Gasteiger partial charge >= 0.3 is 0 Å². The molecule has 3 saturated heterocycles. The van der Waals surface area contributed by atoms with Crippen LogP contribution in [0.4, 0.5) is 0 Å². The third kappa shape index (κ3) is 36.7. The molecule has 3 rings (SSSR count). The first kappa shape index (κ1) is 85.2. The van der Waals surface area contributed by atoms with E-state index >= 15 is 0 Å². The van der Waals surface area contributed by atoms with E-state index in [0.29, 0.717) is 12.8 Å². The minimum Gasteiger partial charge on any atom is -0.394 e. The second-order valence-electron chi connectivity index (χ2n) is 26.0. The molecule has 17 atom stereocenters. The van der Waals surface area contributed by atoms with Crippen molar-refractivity contribution in [2.24, 2.45) is 0 Å². The first-order valence-electron chi connectivity index (χ1n) is 36.8. The van der Waals surface area contributed by atoms with Crippen molar-refractivity contribution in [3.8, 4) is 0 Å². The fourth-order valence-electron chi connectivity index (χ4n) is 12.0. The number of amides is 1. The van der Waals surface area contributed by atoms with Crippen LogP contribution in [0.3, 0.4) is 0 Å². The summed E-state index contributed by atoms with van der Waals surface area (Å²) in [5.41, 5.74) is 0. The molecule has 12 N–H and O–H groups in total. The Labute approximate surface area is 565 Å². The molecule has 0 spiro atoms. The fourth-order valence-corrected chi connectivity index (χ4v) is 12.0. The molecule has 3 aliphatic rings. The summed E-state index contributed by atoms with van der Waals surface area (Å²) in [6.45, 7) is 1.60. The lowest BCUT2D eigenvalue weighted by molar-refractivity contribution is -0.379. The molecule has 0 saturated carbocycles. The Hall–Kier alpha value is -3.03. The van der Waals surface area contributed by atoms with Crippen molar-refractivity contribution in [3.05, 3.63) is 85.1 Å². The third-order valence-corrected chi connectivity index (χ3v) is 17.9. The van der Waals surface area contributed by atoms with E-state index in [2.05, 4.69) is 92.1 Å². The minimum absolute atomic E-state index is 0.222. The van der Waals surface area contributed by atoms with Gasteiger partial charge in [0.05, 0.1) is 38.6 Å². The zero-order valence-electron chi connectivity index (χ0n) is 57.7. The molecule has 0 aromatic rings. The van der Waals surface area contributed by atoms with Gasteiger partial charge < -0.3 is 89.9 Å². The van der Waals surface area contributed by atoms with Gasteiger partial charge in [0, 0.05) is 6.42 Å². The number of unbranched alkanes of at least 4 members (excludes halogenated alkanes) is 28. The van der Waals surface area contributed by atoms with Crippen LogP contribution in [0.25, 0.3) is 0 Å². The van der Waals surface area contributed by atoms with Gasteiger partial charge in [-0.1, -0.05) is 247 Å². The Morgan fingerprint density at radius 1 is 0.394 bits per heavy atom. The second kappa shape index (κ2) is 55.8. The van der Waals surface area contributed by atoms with Crippen molar-refractivity contribution in [1.82, 2.24) is 5.32 Å². The van der Waals surface area contributed by atoms with E-state index in [-0.39, 0.29) is 18.9 Å². The number of rotatable bonds is 56. The van der Waals surface area contributed by atoms with Gasteiger partial charge in [-0.25, -0.2) is 0 Å². The van der Waals surface area contributed by atoms with Crippen LogP contribution in [0.2, 0.25) is 0 Å². The largest absolute Gasteiger partial charge is 0.394 e. The summed E-state index contributed by atoms with van der Waals surface area (Å²) in [7, 11) is 0. The molecule has 19 heteroatoms. The van der Waals surface area contributed by atoms with Crippen LogP contribution in [0.5, 0.6) is 0 Å². The molecule has 3 aliphatic heterocycles. The number of allylic oxidation sites excluding steroid dienone is 13. The lowest BCUT2D eigenvalue weighted by Gasteiger charge is -2.48. The number of carbonyl (C=O) groups is 1. The van der Waals surface area contributed by atoms with Gasteiger partial charge in [-0.3, -0.25) is 4.79 Å². The number of aliphatic hydroxyl groups excluding tert-OH is 11. The summed E-state index contributed by atoms with van der Waals surface area (Å²) in [6, 6.07) is -1.01. The smallest absolute Gasteiger partial charge is 0.220 e. The maximum atomic E-state index is 13.4. The van der Waals surface area contributed by atoms with Crippen LogP contribution in [-0.2, 0) is 33.2 Å². The number of hydrogen-bond donors (Lipinski definition) is 12. The van der Waals surface area contributed by atoms with Crippen LogP contribution in [-0.4, -0.2) is 193 Å². The maximum Gasteiger partial charge on any atom is 0.220 e. The van der Waals surface area contributed by atoms with Crippen LogP contribution < -0.4 is 5.32 Å². The number of aliphatic hydroxyl groups is 11. The molecule has 0 aromatic carbocycles. The van der Waals surface area contributed by atoms with E-state index < -0.39 is 124 Å². The maximum absolute atomic E-state index is 13.4. The van der Waals surface area contributed by atoms with Gasteiger partial charge in [-0.2, -0.15) is 0 Å². The Balaban J connectivity index is 1.44. The van der Waals surface area contributed by atoms with E-state index in [1.165, 1.54) is 135 Å². The molecule has 0 bridgehead atoms. The van der Waals surface area contributed by atoms with E-state index in [0.717, 1.165) is 83.5 Å². The lowest BCUT2D eigenvalue weighted by Crippen LogP contribution is -2.66. The Kier molecular flexibility index (Phi) is 50.6. The second-order valence-corrected chi connectivity index (χ2v) is 26.0. The predicted octanol–water partition coefficient (Wildman–Crippen LogP) is 10.7. The van der Waals surface area contributed by atoms with Gasteiger partial charge in [0.15, 0.2) is 18.9 Å². The lowest BCUT2D eigenvalue weighted by atomic mass is 9.96. The summed E-state index contributed by atoms with van der Waals surface area (Å²) in [5, 5.41) is 121. The highest BCUT2D eigenvalue weighted by molar-refractivity contribution is 5.76. The summed E-state index contributed by atoms with van der Waals surface area (Å²) in [5.74, 6) is -0.296. The molecule has 1 amide bonds. The molecule has 0 aliphatic carbocycles.